The summed E-state index contributed by atoms with van der Waals surface area (Å²) in [4.78, 5) is 23.4. The number of ether oxygens (including phenoxy) is 1. The number of carbonyl (C=O) groups is 2. The average Bonchev–Trinajstić information content (AvgIpc) is 2.86. The molecule has 0 radical (unpaired) electrons. The van der Waals surface area contributed by atoms with E-state index in [1.807, 2.05) is 0 Å². The number of benzene rings is 1. The van der Waals surface area contributed by atoms with E-state index in [1.54, 1.807) is 18.2 Å². The molecule has 0 aliphatic carbocycles. The van der Waals surface area contributed by atoms with E-state index in [4.69, 9.17) is 27.9 Å². The van der Waals surface area contributed by atoms with E-state index in [1.165, 1.54) is 11.8 Å². The normalized spacial score (nSPS) is 19.0. The van der Waals surface area contributed by atoms with E-state index in [-0.39, 0.29) is 38.2 Å². The summed E-state index contributed by atoms with van der Waals surface area (Å²) in [7, 11) is -2.97. The second-order valence-electron chi connectivity index (χ2n) is 5.14. The highest BCUT2D eigenvalue weighted by Crippen LogP contribution is 2.29. The Kier molecular flexibility index (Phi) is 6.79. The lowest BCUT2D eigenvalue weighted by Gasteiger charge is -2.10. The third kappa shape index (κ3) is 5.84. The molecule has 24 heavy (non-hydrogen) atoms. The molecule has 1 aliphatic rings. The van der Waals surface area contributed by atoms with Gasteiger partial charge < -0.3 is 10.1 Å². The van der Waals surface area contributed by atoms with Gasteiger partial charge in [0, 0.05) is 5.25 Å². The van der Waals surface area contributed by atoms with Gasteiger partial charge in [-0.2, -0.15) is 0 Å². The zero-order valence-corrected chi connectivity index (χ0v) is 15.6. The molecule has 1 aliphatic heterocycles. The number of amides is 1. The predicted octanol–water partition coefficient (Wildman–Crippen LogP) is 2.40. The first-order valence-corrected chi connectivity index (χ1v) is 10.6. The smallest absolute Gasteiger partial charge is 0.316 e. The monoisotopic (exact) mass is 411 g/mol. The van der Waals surface area contributed by atoms with Crippen LogP contribution in [0.1, 0.15) is 6.42 Å². The van der Waals surface area contributed by atoms with Crippen LogP contribution in [0.2, 0.25) is 10.0 Å². The minimum absolute atomic E-state index is 0.000313. The summed E-state index contributed by atoms with van der Waals surface area (Å²) in [5.41, 5.74) is 0.257. The van der Waals surface area contributed by atoms with Crippen molar-refractivity contribution in [1.82, 2.24) is 0 Å². The first-order chi connectivity index (χ1) is 11.3. The predicted molar refractivity (Wildman–Crippen MR) is 95.6 cm³/mol. The lowest BCUT2D eigenvalue weighted by Crippen LogP contribution is -2.22. The quantitative estimate of drug-likeness (QED) is 0.722. The molecule has 0 aromatic heterocycles. The van der Waals surface area contributed by atoms with Crippen molar-refractivity contribution in [2.24, 2.45) is 0 Å². The van der Waals surface area contributed by atoms with Gasteiger partial charge in [-0.3, -0.25) is 9.59 Å². The van der Waals surface area contributed by atoms with Crippen molar-refractivity contribution in [2.45, 2.75) is 11.7 Å². The fraction of sp³-hybridized carbons (Fsp3) is 0.429. The number of nitrogens with one attached hydrogen (secondary N) is 1. The number of para-hydroxylation sites is 1. The van der Waals surface area contributed by atoms with E-state index < -0.39 is 28.3 Å². The summed E-state index contributed by atoms with van der Waals surface area (Å²) in [5, 5.41) is 2.93. The molecule has 1 heterocycles. The highest BCUT2D eigenvalue weighted by molar-refractivity contribution is 8.02. The Morgan fingerprint density at radius 3 is 2.54 bits per heavy atom. The standard InChI is InChI=1S/C14H15Cl2NO5S2/c15-10-2-1-3-11(16)14(10)17-12(18)6-22-13(19)7-23-9-4-5-24(20,21)8-9/h1-3,9H,4-8H2,(H,17,18)/t9-/m0/s1. The van der Waals surface area contributed by atoms with Gasteiger partial charge in [0.2, 0.25) is 0 Å². The minimum Gasteiger partial charge on any atom is -0.455 e. The van der Waals surface area contributed by atoms with Gasteiger partial charge in [0.15, 0.2) is 16.4 Å². The maximum absolute atomic E-state index is 11.8. The van der Waals surface area contributed by atoms with E-state index >= 15 is 0 Å². The zero-order chi connectivity index (χ0) is 17.7. The molecule has 0 spiro atoms. The minimum atomic E-state index is -2.97. The Morgan fingerprint density at radius 2 is 1.96 bits per heavy atom. The Balaban J connectivity index is 1.73. The number of hydrogen-bond acceptors (Lipinski definition) is 6. The second kappa shape index (κ2) is 8.42. The van der Waals surface area contributed by atoms with Gasteiger partial charge in [0.1, 0.15) is 0 Å². The highest BCUT2D eigenvalue weighted by Gasteiger charge is 2.28. The van der Waals surface area contributed by atoms with Gasteiger partial charge >= 0.3 is 5.97 Å². The fourth-order valence-corrected chi connectivity index (χ4v) is 5.99. The van der Waals surface area contributed by atoms with E-state index in [0.29, 0.717) is 6.42 Å². The maximum atomic E-state index is 11.8. The SMILES string of the molecule is O=C(COC(=O)CS[C@H]1CCS(=O)(=O)C1)Nc1c(Cl)cccc1Cl. The first kappa shape index (κ1) is 19.4. The van der Waals surface area contributed by atoms with Crippen LogP contribution in [0, 0.1) is 0 Å². The number of esters is 1. The molecule has 1 aromatic carbocycles. The molecule has 1 aromatic rings. The van der Waals surface area contributed by atoms with Crippen molar-refractivity contribution in [2.75, 3.05) is 29.2 Å². The third-order valence-electron chi connectivity index (χ3n) is 3.22. The molecule has 1 amide bonds. The van der Waals surface area contributed by atoms with Crippen molar-refractivity contribution < 1.29 is 22.7 Å². The van der Waals surface area contributed by atoms with E-state index in [0.717, 1.165) is 0 Å². The number of rotatable bonds is 6. The Labute approximate surface area is 154 Å². The average molecular weight is 412 g/mol. The summed E-state index contributed by atoms with van der Waals surface area (Å²) >= 11 is 13.1. The molecule has 132 valence electrons. The maximum Gasteiger partial charge on any atom is 0.316 e. The summed E-state index contributed by atoms with van der Waals surface area (Å²) in [6.07, 6.45) is 0.534. The van der Waals surface area contributed by atoms with Crippen LogP contribution in [0.25, 0.3) is 0 Å². The Morgan fingerprint density at radius 1 is 1.29 bits per heavy atom. The second-order valence-corrected chi connectivity index (χ2v) is 9.47. The van der Waals surface area contributed by atoms with Gasteiger partial charge in [-0.1, -0.05) is 29.3 Å². The van der Waals surface area contributed by atoms with E-state index in [2.05, 4.69) is 5.32 Å². The number of thioether (sulfide) groups is 1. The molecule has 10 heteroatoms. The van der Waals surface area contributed by atoms with Crippen LogP contribution >= 0.6 is 35.0 Å². The number of hydrogen-bond donors (Lipinski definition) is 1. The van der Waals surface area contributed by atoms with Gasteiger partial charge in [0.05, 0.1) is 33.0 Å². The lowest BCUT2D eigenvalue weighted by atomic mass is 10.3. The Hall–Kier alpha value is -0.960. The molecule has 0 unspecified atom stereocenters. The molecule has 1 fully saturated rings. The summed E-state index contributed by atoms with van der Waals surface area (Å²) in [6.45, 7) is -0.468. The molecule has 1 saturated heterocycles. The number of anilines is 1. The highest BCUT2D eigenvalue weighted by atomic mass is 35.5. The molecular weight excluding hydrogens is 397 g/mol. The van der Waals surface area contributed by atoms with Crippen molar-refractivity contribution in [1.29, 1.82) is 0 Å². The molecule has 0 bridgehead atoms. The van der Waals surface area contributed by atoms with Crippen molar-refractivity contribution >= 4 is 62.4 Å². The summed E-state index contributed by atoms with van der Waals surface area (Å²) in [5.74, 6) is -0.909. The number of sulfone groups is 1. The molecule has 1 atom stereocenters. The molecule has 1 N–H and O–H groups in total. The topological polar surface area (TPSA) is 89.5 Å². The van der Waals surface area contributed by atoms with Crippen LogP contribution in [-0.2, 0) is 24.2 Å². The van der Waals surface area contributed by atoms with Crippen LogP contribution in [0.3, 0.4) is 0 Å². The van der Waals surface area contributed by atoms with Gasteiger partial charge in [-0.05, 0) is 18.6 Å². The third-order valence-corrected chi connectivity index (χ3v) is 7.10. The van der Waals surface area contributed by atoms with Gasteiger partial charge in [-0.15, -0.1) is 11.8 Å². The number of halogens is 2. The summed E-state index contributed by atoms with van der Waals surface area (Å²) < 4.78 is 27.5. The van der Waals surface area contributed by atoms with Gasteiger partial charge in [-0.25, -0.2) is 8.42 Å². The van der Waals surface area contributed by atoms with Crippen LogP contribution in [-0.4, -0.2) is 49.4 Å². The molecular formula is C14H15Cl2NO5S2. The number of carbonyl (C=O) groups excluding carboxylic acids is 2. The van der Waals surface area contributed by atoms with Crippen molar-refractivity contribution in [3.63, 3.8) is 0 Å². The van der Waals surface area contributed by atoms with Crippen LogP contribution in [0.4, 0.5) is 5.69 Å². The largest absolute Gasteiger partial charge is 0.455 e. The molecule has 6 nitrogen and oxygen atoms in total. The Bertz CT molecular complexity index is 718. The molecule has 2 rings (SSSR count). The first-order valence-electron chi connectivity index (χ1n) is 6.98. The van der Waals surface area contributed by atoms with Crippen LogP contribution in [0.5, 0.6) is 0 Å². The van der Waals surface area contributed by atoms with Gasteiger partial charge in [0.25, 0.3) is 5.91 Å². The van der Waals surface area contributed by atoms with Crippen molar-refractivity contribution in [3.8, 4) is 0 Å². The van der Waals surface area contributed by atoms with Crippen LogP contribution in [0.15, 0.2) is 18.2 Å². The van der Waals surface area contributed by atoms with Crippen LogP contribution < -0.4 is 5.32 Å². The lowest BCUT2D eigenvalue weighted by molar-refractivity contribution is -0.144. The molecule has 0 saturated carbocycles. The zero-order valence-electron chi connectivity index (χ0n) is 12.5. The fourth-order valence-electron chi connectivity index (χ4n) is 2.06. The van der Waals surface area contributed by atoms with Crippen molar-refractivity contribution in [3.05, 3.63) is 28.2 Å². The summed E-state index contributed by atoms with van der Waals surface area (Å²) in [6, 6.07) is 4.78. The van der Waals surface area contributed by atoms with E-state index in [9.17, 15) is 18.0 Å².